The maximum absolute atomic E-state index is 12.1. The molecule has 0 amide bonds. The minimum absolute atomic E-state index is 0.0164. The molecule has 1 unspecified atom stereocenters. The number of carbonyl (C=O) groups excluding carboxylic acids is 1. The summed E-state index contributed by atoms with van der Waals surface area (Å²) in [6, 6.07) is 0. The quantitative estimate of drug-likeness (QED) is 0.583. The molecular weight excluding hydrogens is 216 g/mol. The maximum Gasteiger partial charge on any atom is 0.192 e. The first-order chi connectivity index (χ1) is 7.81. The number of hydrogen-bond acceptors (Lipinski definition) is 3. The maximum atomic E-state index is 12.1. The van der Waals surface area contributed by atoms with Crippen molar-refractivity contribution in [3.05, 3.63) is 0 Å². The molecule has 0 fully saturated rings. The Bertz CT molecular complexity index is 222. The second kappa shape index (κ2) is 7.83. The summed E-state index contributed by atoms with van der Waals surface area (Å²) in [5.41, 5.74) is -0.748. The molecule has 0 heterocycles. The summed E-state index contributed by atoms with van der Waals surface area (Å²) in [7, 11) is 0. The molecule has 0 aromatic carbocycles. The SMILES string of the molecule is CCCCCOC(C)(C)C(=O)C(C)OC(C)C. The summed E-state index contributed by atoms with van der Waals surface area (Å²) < 4.78 is 11.2. The average Bonchev–Trinajstić information content (AvgIpc) is 2.22. The second-order valence-electron chi connectivity index (χ2n) is 5.26. The number of Topliss-reactive ketones (excluding diaryl/α,β-unsaturated/α-hetero) is 1. The van der Waals surface area contributed by atoms with Crippen molar-refractivity contribution in [3.63, 3.8) is 0 Å². The Hall–Kier alpha value is -0.410. The molecule has 17 heavy (non-hydrogen) atoms. The van der Waals surface area contributed by atoms with Crippen LogP contribution < -0.4 is 0 Å². The van der Waals surface area contributed by atoms with E-state index in [0.717, 1.165) is 19.3 Å². The van der Waals surface area contributed by atoms with Crippen LogP contribution in [-0.2, 0) is 14.3 Å². The van der Waals surface area contributed by atoms with Gasteiger partial charge in [-0.15, -0.1) is 0 Å². The van der Waals surface area contributed by atoms with Gasteiger partial charge in [-0.05, 0) is 41.0 Å². The van der Waals surface area contributed by atoms with E-state index in [0.29, 0.717) is 6.61 Å². The van der Waals surface area contributed by atoms with E-state index in [2.05, 4.69) is 6.92 Å². The van der Waals surface area contributed by atoms with Crippen LogP contribution in [0, 0.1) is 0 Å². The van der Waals surface area contributed by atoms with E-state index in [9.17, 15) is 4.79 Å². The molecule has 0 bridgehead atoms. The topological polar surface area (TPSA) is 35.5 Å². The van der Waals surface area contributed by atoms with Crippen LogP contribution in [0.2, 0.25) is 0 Å². The van der Waals surface area contributed by atoms with Gasteiger partial charge in [0.2, 0.25) is 0 Å². The van der Waals surface area contributed by atoms with Gasteiger partial charge in [-0.3, -0.25) is 4.79 Å². The highest BCUT2D eigenvalue weighted by Crippen LogP contribution is 2.16. The molecule has 0 saturated heterocycles. The van der Waals surface area contributed by atoms with Crippen LogP contribution in [-0.4, -0.2) is 30.2 Å². The molecule has 0 aromatic heterocycles. The van der Waals surface area contributed by atoms with Crippen LogP contribution in [0.1, 0.15) is 60.8 Å². The highest BCUT2D eigenvalue weighted by molar-refractivity contribution is 5.90. The van der Waals surface area contributed by atoms with Gasteiger partial charge in [0.25, 0.3) is 0 Å². The first-order valence-electron chi connectivity index (χ1n) is 6.65. The monoisotopic (exact) mass is 244 g/mol. The number of hydrogen-bond donors (Lipinski definition) is 0. The van der Waals surface area contributed by atoms with Gasteiger partial charge in [0, 0.05) is 6.61 Å². The molecule has 0 radical (unpaired) electrons. The lowest BCUT2D eigenvalue weighted by Gasteiger charge is -2.27. The number of carbonyl (C=O) groups is 1. The molecule has 0 aliphatic heterocycles. The van der Waals surface area contributed by atoms with Crippen LogP contribution in [0.25, 0.3) is 0 Å². The van der Waals surface area contributed by atoms with Crippen LogP contribution >= 0.6 is 0 Å². The van der Waals surface area contributed by atoms with E-state index < -0.39 is 11.7 Å². The van der Waals surface area contributed by atoms with Crippen molar-refractivity contribution >= 4 is 5.78 Å². The molecule has 3 heteroatoms. The molecule has 0 spiro atoms. The van der Waals surface area contributed by atoms with E-state index in [1.54, 1.807) is 6.92 Å². The van der Waals surface area contributed by atoms with E-state index in [4.69, 9.17) is 9.47 Å². The van der Waals surface area contributed by atoms with Crippen molar-refractivity contribution < 1.29 is 14.3 Å². The normalized spacial score (nSPS) is 14.1. The summed E-state index contributed by atoms with van der Waals surface area (Å²) in [6.07, 6.45) is 2.96. The van der Waals surface area contributed by atoms with Gasteiger partial charge in [-0.25, -0.2) is 0 Å². The average molecular weight is 244 g/mol. The van der Waals surface area contributed by atoms with Crippen LogP contribution in [0.5, 0.6) is 0 Å². The van der Waals surface area contributed by atoms with Crippen molar-refractivity contribution in [2.75, 3.05) is 6.61 Å². The predicted molar refractivity (Wildman–Crippen MR) is 70.2 cm³/mol. The lowest BCUT2D eigenvalue weighted by Crippen LogP contribution is -2.43. The van der Waals surface area contributed by atoms with Crippen molar-refractivity contribution in [1.29, 1.82) is 0 Å². The van der Waals surface area contributed by atoms with Crippen molar-refractivity contribution in [2.24, 2.45) is 0 Å². The molecule has 3 nitrogen and oxygen atoms in total. The third-order valence-electron chi connectivity index (χ3n) is 2.65. The van der Waals surface area contributed by atoms with E-state index in [1.807, 2.05) is 27.7 Å². The molecule has 0 aliphatic carbocycles. The van der Waals surface area contributed by atoms with Crippen LogP contribution in [0.4, 0.5) is 0 Å². The Morgan fingerprint density at radius 3 is 2.24 bits per heavy atom. The highest BCUT2D eigenvalue weighted by Gasteiger charge is 2.33. The summed E-state index contributed by atoms with van der Waals surface area (Å²) in [4.78, 5) is 12.1. The smallest absolute Gasteiger partial charge is 0.192 e. The van der Waals surface area contributed by atoms with Gasteiger partial charge >= 0.3 is 0 Å². The van der Waals surface area contributed by atoms with Gasteiger partial charge in [0.1, 0.15) is 11.7 Å². The second-order valence-corrected chi connectivity index (χ2v) is 5.26. The molecule has 1 atom stereocenters. The predicted octanol–water partition coefficient (Wildman–Crippen LogP) is 3.35. The number of rotatable bonds is 9. The molecular formula is C14H28O3. The third-order valence-corrected chi connectivity index (χ3v) is 2.65. The van der Waals surface area contributed by atoms with Gasteiger partial charge in [0.05, 0.1) is 6.10 Å². The lowest BCUT2D eigenvalue weighted by molar-refractivity contribution is -0.154. The van der Waals surface area contributed by atoms with Gasteiger partial charge < -0.3 is 9.47 Å². The minimum atomic E-state index is -0.748. The highest BCUT2D eigenvalue weighted by atomic mass is 16.5. The standard InChI is InChI=1S/C14H28O3/c1-7-8-9-10-16-14(5,6)13(15)12(4)17-11(2)3/h11-12H,7-10H2,1-6H3. The summed E-state index contributed by atoms with van der Waals surface area (Å²) in [5.74, 6) is 0.0164. The van der Waals surface area contributed by atoms with E-state index >= 15 is 0 Å². The van der Waals surface area contributed by atoms with Gasteiger partial charge in [-0.2, -0.15) is 0 Å². The van der Waals surface area contributed by atoms with E-state index in [-0.39, 0.29) is 11.9 Å². The zero-order valence-electron chi connectivity index (χ0n) is 12.2. The van der Waals surface area contributed by atoms with Crippen molar-refractivity contribution in [2.45, 2.75) is 78.6 Å². The van der Waals surface area contributed by atoms with E-state index in [1.165, 1.54) is 0 Å². The third kappa shape index (κ3) is 6.79. The molecule has 0 rings (SSSR count). The molecule has 0 saturated carbocycles. The number of unbranched alkanes of at least 4 members (excludes halogenated alkanes) is 2. The lowest BCUT2D eigenvalue weighted by atomic mass is 9.99. The number of ketones is 1. The molecule has 102 valence electrons. The Morgan fingerprint density at radius 1 is 1.18 bits per heavy atom. The molecule has 0 aliphatic rings. The van der Waals surface area contributed by atoms with Gasteiger partial charge in [0.15, 0.2) is 5.78 Å². The fraction of sp³-hybridized carbons (Fsp3) is 0.929. The zero-order valence-corrected chi connectivity index (χ0v) is 12.2. The summed E-state index contributed by atoms with van der Waals surface area (Å²) in [5, 5.41) is 0. The first kappa shape index (κ1) is 16.6. The summed E-state index contributed by atoms with van der Waals surface area (Å²) in [6.45, 7) is 12.1. The Morgan fingerprint density at radius 2 is 1.76 bits per heavy atom. The number of ether oxygens (including phenoxy) is 2. The van der Waals surface area contributed by atoms with Crippen molar-refractivity contribution in [1.82, 2.24) is 0 Å². The largest absolute Gasteiger partial charge is 0.368 e. The summed E-state index contributed by atoms with van der Waals surface area (Å²) >= 11 is 0. The Labute approximate surface area is 106 Å². The Balaban J connectivity index is 4.14. The van der Waals surface area contributed by atoms with Crippen molar-refractivity contribution in [3.8, 4) is 0 Å². The molecule has 0 N–H and O–H groups in total. The minimum Gasteiger partial charge on any atom is -0.368 e. The fourth-order valence-corrected chi connectivity index (χ4v) is 1.71. The van der Waals surface area contributed by atoms with Gasteiger partial charge in [-0.1, -0.05) is 19.8 Å². The van der Waals surface area contributed by atoms with Crippen LogP contribution in [0.3, 0.4) is 0 Å². The fourth-order valence-electron chi connectivity index (χ4n) is 1.71. The van der Waals surface area contributed by atoms with Crippen LogP contribution in [0.15, 0.2) is 0 Å². The zero-order chi connectivity index (χ0) is 13.5. The Kier molecular flexibility index (Phi) is 7.64. The molecule has 0 aromatic rings. The first-order valence-corrected chi connectivity index (χ1v) is 6.65.